The van der Waals surface area contributed by atoms with Crippen LogP contribution in [-0.4, -0.2) is 18.8 Å². The van der Waals surface area contributed by atoms with Gasteiger partial charge in [0.05, 0.1) is 6.61 Å². The third kappa shape index (κ3) is 2.51. The largest absolute Gasteiger partial charge is 0.494 e. The average Bonchev–Trinajstić information content (AvgIpc) is 2.88. The van der Waals surface area contributed by atoms with Gasteiger partial charge >= 0.3 is 0 Å². The molecule has 1 unspecified atom stereocenters. The van der Waals surface area contributed by atoms with Crippen molar-refractivity contribution in [2.24, 2.45) is 0 Å². The standard InChI is InChI=1S/C17H25NO2/c1-3-18-15-12-17(9-5-6-10-17)20-16-8-7-13(19-4-2)11-14(15)16/h7-8,11,15,18H,3-6,9-10,12H2,1-2H3. The molecule has 1 atom stereocenters. The van der Waals surface area contributed by atoms with Crippen LogP contribution in [0.5, 0.6) is 11.5 Å². The molecule has 1 aliphatic carbocycles. The van der Waals surface area contributed by atoms with Gasteiger partial charge in [-0.3, -0.25) is 0 Å². The Kier molecular flexibility index (Phi) is 3.88. The lowest BCUT2D eigenvalue weighted by Gasteiger charge is -2.40. The van der Waals surface area contributed by atoms with Crippen molar-refractivity contribution < 1.29 is 9.47 Å². The van der Waals surface area contributed by atoms with Gasteiger partial charge in [-0.15, -0.1) is 0 Å². The molecule has 1 aliphatic heterocycles. The molecule has 0 aromatic heterocycles. The molecule has 0 saturated heterocycles. The van der Waals surface area contributed by atoms with Crippen LogP contribution in [0.2, 0.25) is 0 Å². The smallest absolute Gasteiger partial charge is 0.125 e. The molecule has 1 N–H and O–H groups in total. The van der Waals surface area contributed by atoms with E-state index in [1.807, 2.05) is 13.0 Å². The Hall–Kier alpha value is -1.22. The Morgan fingerprint density at radius 3 is 2.80 bits per heavy atom. The highest BCUT2D eigenvalue weighted by molar-refractivity contribution is 5.44. The second-order valence-corrected chi connectivity index (χ2v) is 5.94. The summed E-state index contributed by atoms with van der Waals surface area (Å²) < 4.78 is 12.0. The second kappa shape index (κ2) is 5.65. The SMILES string of the molecule is CCNC1CC2(CCCC2)Oc2ccc(OCC)cc21. The Labute approximate surface area is 121 Å². The van der Waals surface area contributed by atoms with Gasteiger partial charge in [-0.25, -0.2) is 0 Å². The van der Waals surface area contributed by atoms with Crippen LogP contribution in [-0.2, 0) is 0 Å². The van der Waals surface area contributed by atoms with Crippen molar-refractivity contribution in [3.05, 3.63) is 23.8 Å². The van der Waals surface area contributed by atoms with Crippen molar-refractivity contribution in [3.8, 4) is 11.5 Å². The summed E-state index contributed by atoms with van der Waals surface area (Å²) >= 11 is 0. The molecule has 0 amide bonds. The van der Waals surface area contributed by atoms with E-state index in [4.69, 9.17) is 9.47 Å². The molecular weight excluding hydrogens is 250 g/mol. The third-order valence-corrected chi connectivity index (χ3v) is 4.54. The van der Waals surface area contributed by atoms with Crippen LogP contribution >= 0.6 is 0 Å². The summed E-state index contributed by atoms with van der Waals surface area (Å²) in [5, 5.41) is 3.63. The fraction of sp³-hybridized carbons (Fsp3) is 0.647. The quantitative estimate of drug-likeness (QED) is 0.906. The summed E-state index contributed by atoms with van der Waals surface area (Å²) in [5.41, 5.74) is 1.34. The molecular formula is C17H25NO2. The van der Waals surface area contributed by atoms with Gasteiger partial charge in [-0.2, -0.15) is 0 Å². The van der Waals surface area contributed by atoms with Gasteiger partial charge in [0.15, 0.2) is 0 Å². The van der Waals surface area contributed by atoms with Gasteiger partial charge in [-0.05, 0) is 57.4 Å². The molecule has 0 radical (unpaired) electrons. The van der Waals surface area contributed by atoms with Crippen molar-refractivity contribution in [2.45, 2.75) is 57.6 Å². The van der Waals surface area contributed by atoms with E-state index in [9.17, 15) is 0 Å². The Bertz CT molecular complexity index is 466. The summed E-state index contributed by atoms with van der Waals surface area (Å²) in [6.45, 7) is 5.88. The van der Waals surface area contributed by atoms with Crippen molar-refractivity contribution in [3.63, 3.8) is 0 Å². The zero-order valence-electron chi connectivity index (χ0n) is 12.6. The topological polar surface area (TPSA) is 30.5 Å². The lowest BCUT2D eigenvalue weighted by molar-refractivity contribution is 0.0369. The molecule has 1 aromatic carbocycles. The average molecular weight is 275 g/mol. The zero-order valence-corrected chi connectivity index (χ0v) is 12.6. The first-order valence-corrected chi connectivity index (χ1v) is 7.95. The zero-order chi connectivity index (χ0) is 14.0. The minimum absolute atomic E-state index is 0.0764. The van der Waals surface area contributed by atoms with E-state index in [1.54, 1.807) is 0 Å². The van der Waals surface area contributed by atoms with Crippen molar-refractivity contribution >= 4 is 0 Å². The van der Waals surface area contributed by atoms with Crippen LogP contribution in [0.25, 0.3) is 0 Å². The third-order valence-electron chi connectivity index (χ3n) is 4.54. The van der Waals surface area contributed by atoms with Crippen molar-refractivity contribution in [1.82, 2.24) is 5.32 Å². The van der Waals surface area contributed by atoms with Crippen LogP contribution in [0.4, 0.5) is 0 Å². The molecule has 1 fully saturated rings. The summed E-state index contributed by atoms with van der Waals surface area (Å²) in [6.07, 6.45) is 6.07. The van der Waals surface area contributed by atoms with Crippen LogP contribution in [0.1, 0.15) is 57.6 Å². The lowest BCUT2D eigenvalue weighted by atomic mass is 9.86. The summed E-state index contributed by atoms with van der Waals surface area (Å²) in [6, 6.07) is 6.65. The van der Waals surface area contributed by atoms with E-state index in [0.717, 1.165) is 24.5 Å². The Balaban J connectivity index is 1.92. The first-order valence-electron chi connectivity index (χ1n) is 7.95. The first-order chi connectivity index (χ1) is 9.76. The molecule has 3 heteroatoms. The molecule has 1 aromatic rings. The van der Waals surface area contributed by atoms with Gasteiger partial charge in [0, 0.05) is 18.0 Å². The number of nitrogens with one attached hydrogen (secondary N) is 1. The van der Waals surface area contributed by atoms with E-state index in [0.29, 0.717) is 12.6 Å². The summed E-state index contributed by atoms with van der Waals surface area (Å²) in [4.78, 5) is 0. The molecule has 110 valence electrons. The highest BCUT2D eigenvalue weighted by Gasteiger charge is 2.42. The van der Waals surface area contributed by atoms with E-state index < -0.39 is 0 Å². The van der Waals surface area contributed by atoms with Gasteiger partial charge in [0.25, 0.3) is 0 Å². The maximum Gasteiger partial charge on any atom is 0.125 e. The predicted molar refractivity (Wildman–Crippen MR) is 80.5 cm³/mol. The molecule has 3 nitrogen and oxygen atoms in total. The van der Waals surface area contributed by atoms with E-state index in [1.165, 1.54) is 31.2 Å². The van der Waals surface area contributed by atoms with Gasteiger partial charge in [0.1, 0.15) is 17.1 Å². The lowest BCUT2D eigenvalue weighted by Crippen LogP contribution is -2.42. The van der Waals surface area contributed by atoms with Crippen LogP contribution in [0.15, 0.2) is 18.2 Å². The van der Waals surface area contributed by atoms with Crippen molar-refractivity contribution in [1.29, 1.82) is 0 Å². The number of hydrogen-bond donors (Lipinski definition) is 1. The van der Waals surface area contributed by atoms with Gasteiger partial charge < -0.3 is 14.8 Å². The number of hydrogen-bond acceptors (Lipinski definition) is 3. The fourth-order valence-electron chi connectivity index (χ4n) is 3.66. The molecule has 1 heterocycles. The summed E-state index contributed by atoms with van der Waals surface area (Å²) in [7, 11) is 0. The van der Waals surface area contributed by atoms with Crippen molar-refractivity contribution in [2.75, 3.05) is 13.2 Å². The maximum atomic E-state index is 6.39. The molecule has 1 saturated carbocycles. The summed E-state index contributed by atoms with van der Waals surface area (Å²) in [5.74, 6) is 1.99. The minimum atomic E-state index is 0.0764. The number of ether oxygens (including phenoxy) is 2. The Morgan fingerprint density at radius 1 is 1.30 bits per heavy atom. The normalized spacial score (nSPS) is 23.4. The minimum Gasteiger partial charge on any atom is -0.494 e. The van der Waals surface area contributed by atoms with Gasteiger partial charge in [0.2, 0.25) is 0 Å². The molecule has 3 rings (SSSR count). The molecule has 1 spiro atoms. The molecule has 0 bridgehead atoms. The van der Waals surface area contributed by atoms with E-state index in [2.05, 4.69) is 24.4 Å². The molecule has 20 heavy (non-hydrogen) atoms. The number of benzene rings is 1. The number of rotatable bonds is 4. The first kappa shape index (κ1) is 13.7. The molecule has 2 aliphatic rings. The number of fused-ring (bicyclic) bond motifs is 1. The van der Waals surface area contributed by atoms with Crippen LogP contribution in [0.3, 0.4) is 0 Å². The van der Waals surface area contributed by atoms with Crippen LogP contribution in [0, 0.1) is 0 Å². The highest BCUT2D eigenvalue weighted by Crippen LogP contribution is 2.47. The maximum absolute atomic E-state index is 6.39. The van der Waals surface area contributed by atoms with E-state index >= 15 is 0 Å². The predicted octanol–water partition coefficient (Wildman–Crippen LogP) is 3.83. The van der Waals surface area contributed by atoms with E-state index in [-0.39, 0.29) is 5.60 Å². The second-order valence-electron chi connectivity index (χ2n) is 5.94. The van der Waals surface area contributed by atoms with Crippen LogP contribution < -0.4 is 14.8 Å². The van der Waals surface area contributed by atoms with Gasteiger partial charge in [-0.1, -0.05) is 6.92 Å². The fourth-order valence-corrected chi connectivity index (χ4v) is 3.66. The Morgan fingerprint density at radius 2 is 2.10 bits per heavy atom. The highest BCUT2D eigenvalue weighted by atomic mass is 16.5. The monoisotopic (exact) mass is 275 g/mol.